The molecule has 0 heterocycles. The molecule has 1 aromatic carbocycles. The summed E-state index contributed by atoms with van der Waals surface area (Å²) in [4.78, 5) is 38.1. The first kappa shape index (κ1) is 25.2. The van der Waals surface area contributed by atoms with Gasteiger partial charge in [0.2, 0.25) is 5.54 Å². The molecule has 0 bridgehead atoms. The third kappa shape index (κ3) is 7.51. The van der Waals surface area contributed by atoms with Crippen molar-refractivity contribution < 1.29 is 28.6 Å². The van der Waals surface area contributed by atoms with E-state index in [1.807, 2.05) is 0 Å². The van der Waals surface area contributed by atoms with Crippen molar-refractivity contribution in [1.82, 2.24) is 5.32 Å². The maximum absolute atomic E-state index is 12.8. The van der Waals surface area contributed by atoms with Gasteiger partial charge in [0, 0.05) is 9.50 Å². The highest BCUT2D eigenvalue weighted by molar-refractivity contribution is 9.10. The Bertz CT molecular complexity index is 729. The molecule has 0 saturated heterocycles. The van der Waals surface area contributed by atoms with Crippen LogP contribution >= 0.6 is 27.5 Å². The van der Waals surface area contributed by atoms with Crippen molar-refractivity contribution in [2.75, 3.05) is 13.2 Å². The van der Waals surface area contributed by atoms with Crippen LogP contribution in [0.15, 0.2) is 22.7 Å². The van der Waals surface area contributed by atoms with Gasteiger partial charge in [-0.3, -0.25) is 5.32 Å². The molecule has 1 rings (SSSR count). The molecule has 0 atom stereocenters. The van der Waals surface area contributed by atoms with Crippen LogP contribution in [0.1, 0.15) is 46.6 Å². The highest BCUT2D eigenvalue weighted by atomic mass is 79.9. The van der Waals surface area contributed by atoms with Crippen LogP contribution in [0.25, 0.3) is 0 Å². The Morgan fingerprint density at radius 1 is 1.07 bits per heavy atom. The molecule has 0 radical (unpaired) electrons. The van der Waals surface area contributed by atoms with Crippen LogP contribution < -0.4 is 5.32 Å². The van der Waals surface area contributed by atoms with E-state index in [9.17, 15) is 14.4 Å². The van der Waals surface area contributed by atoms with E-state index >= 15 is 0 Å². The molecule has 0 saturated carbocycles. The summed E-state index contributed by atoms with van der Waals surface area (Å²) in [6.45, 7) is 8.27. The first-order chi connectivity index (χ1) is 13.4. The fraction of sp³-hybridized carbons (Fsp3) is 0.550. The molecule has 0 aromatic heterocycles. The van der Waals surface area contributed by atoms with Gasteiger partial charge in [-0.25, -0.2) is 14.4 Å². The molecule has 0 fully saturated rings. The van der Waals surface area contributed by atoms with Gasteiger partial charge in [0.1, 0.15) is 5.60 Å². The number of carbonyl (C=O) groups is 3. The predicted octanol–water partition coefficient (Wildman–Crippen LogP) is 4.42. The number of aryl methyl sites for hydroxylation is 1. The van der Waals surface area contributed by atoms with Gasteiger partial charge in [0.25, 0.3) is 0 Å². The minimum atomic E-state index is -2.06. The largest absolute Gasteiger partial charge is 0.464 e. The Balaban J connectivity index is 3.28. The molecule has 29 heavy (non-hydrogen) atoms. The average molecular weight is 493 g/mol. The second-order valence-electron chi connectivity index (χ2n) is 7.21. The van der Waals surface area contributed by atoms with Crippen LogP contribution in [0, 0.1) is 0 Å². The number of hydrogen-bond donors (Lipinski definition) is 1. The van der Waals surface area contributed by atoms with E-state index in [0.29, 0.717) is 10.6 Å². The summed E-state index contributed by atoms with van der Waals surface area (Å²) >= 11 is 9.59. The number of alkyl carbamates (subject to hydrolysis) is 1. The molecule has 1 N–H and O–H groups in total. The molecule has 0 aliphatic rings. The van der Waals surface area contributed by atoms with E-state index in [1.54, 1.807) is 52.8 Å². The van der Waals surface area contributed by atoms with Crippen LogP contribution in [0.3, 0.4) is 0 Å². The normalized spacial score (nSPS) is 11.6. The first-order valence-electron chi connectivity index (χ1n) is 9.24. The van der Waals surface area contributed by atoms with Crippen molar-refractivity contribution >= 4 is 45.6 Å². The molecule has 0 aliphatic heterocycles. The Morgan fingerprint density at radius 2 is 1.62 bits per heavy atom. The van der Waals surface area contributed by atoms with Gasteiger partial charge in [-0.2, -0.15) is 0 Å². The molecule has 9 heteroatoms. The van der Waals surface area contributed by atoms with Crippen molar-refractivity contribution in [3.8, 4) is 0 Å². The van der Waals surface area contributed by atoms with E-state index in [2.05, 4.69) is 21.2 Å². The molecule has 0 aliphatic carbocycles. The third-order valence-electron chi connectivity index (χ3n) is 3.75. The minimum Gasteiger partial charge on any atom is -0.464 e. The van der Waals surface area contributed by atoms with Crippen molar-refractivity contribution in [2.24, 2.45) is 0 Å². The van der Waals surface area contributed by atoms with Crippen LogP contribution in [0.2, 0.25) is 5.02 Å². The van der Waals surface area contributed by atoms with Crippen molar-refractivity contribution in [3.63, 3.8) is 0 Å². The zero-order valence-electron chi connectivity index (χ0n) is 17.3. The molecule has 0 spiro atoms. The predicted molar refractivity (Wildman–Crippen MR) is 113 cm³/mol. The number of hydrogen-bond acceptors (Lipinski definition) is 6. The molecule has 1 amide bonds. The van der Waals surface area contributed by atoms with Gasteiger partial charge in [0.15, 0.2) is 0 Å². The van der Waals surface area contributed by atoms with Crippen molar-refractivity contribution in [3.05, 3.63) is 33.3 Å². The third-order valence-corrected chi connectivity index (χ3v) is 4.59. The summed E-state index contributed by atoms with van der Waals surface area (Å²) < 4.78 is 16.2. The fourth-order valence-corrected chi connectivity index (χ4v) is 3.25. The lowest BCUT2D eigenvalue weighted by atomic mass is 9.91. The first-order valence-corrected chi connectivity index (χ1v) is 10.4. The van der Waals surface area contributed by atoms with E-state index in [1.165, 1.54) is 0 Å². The van der Waals surface area contributed by atoms with Gasteiger partial charge in [-0.05, 0) is 65.2 Å². The Kier molecular flexibility index (Phi) is 9.42. The molecule has 1 aromatic rings. The highest BCUT2D eigenvalue weighted by Crippen LogP contribution is 2.26. The number of amides is 1. The number of rotatable bonds is 8. The number of ether oxygens (including phenoxy) is 3. The molecule has 0 unspecified atom stereocenters. The number of halogens is 2. The zero-order valence-corrected chi connectivity index (χ0v) is 19.6. The van der Waals surface area contributed by atoms with Gasteiger partial charge >= 0.3 is 18.0 Å². The van der Waals surface area contributed by atoms with E-state index < -0.39 is 29.2 Å². The molecular weight excluding hydrogens is 466 g/mol. The topological polar surface area (TPSA) is 90.9 Å². The van der Waals surface area contributed by atoms with Gasteiger partial charge in [0.05, 0.1) is 13.2 Å². The van der Waals surface area contributed by atoms with Gasteiger partial charge < -0.3 is 14.2 Å². The number of esters is 2. The monoisotopic (exact) mass is 491 g/mol. The number of carbonyl (C=O) groups excluding carboxylic acids is 3. The SMILES string of the molecule is CCOC(=O)C(CCc1ccc(Br)cc1Cl)(NC(=O)OC(C)(C)C)C(=O)OCC. The highest BCUT2D eigenvalue weighted by Gasteiger charge is 2.51. The zero-order chi connectivity index (χ0) is 22.2. The standard InChI is InChI=1S/C20H27BrClNO6/c1-6-27-16(24)20(17(25)28-7-2,23-18(26)29-19(3,4)5)11-10-13-8-9-14(21)12-15(13)22/h8-9,12H,6-7,10-11H2,1-5H3,(H,23,26). The summed E-state index contributed by atoms with van der Waals surface area (Å²) in [6.07, 6.45) is -0.842. The van der Waals surface area contributed by atoms with Crippen molar-refractivity contribution in [2.45, 2.75) is 58.6 Å². The summed E-state index contributed by atoms with van der Waals surface area (Å²) in [5.74, 6) is -1.84. The Morgan fingerprint density at radius 3 is 2.07 bits per heavy atom. The van der Waals surface area contributed by atoms with Gasteiger partial charge in [-0.15, -0.1) is 0 Å². The lowest BCUT2D eigenvalue weighted by Crippen LogP contribution is -2.62. The second kappa shape index (κ2) is 10.8. The van der Waals surface area contributed by atoms with Crippen LogP contribution in [-0.2, 0) is 30.2 Å². The van der Waals surface area contributed by atoms with Crippen LogP contribution in [-0.4, -0.2) is 42.4 Å². The molecule has 7 nitrogen and oxygen atoms in total. The summed E-state index contributed by atoms with van der Waals surface area (Å²) in [7, 11) is 0. The Hall–Kier alpha value is -1.80. The maximum Gasteiger partial charge on any atom is 0.409 e. The van der Waals surface area contributed by atoms with E-state index in [-0.39, 0.29) is 26.1 Å². The summed E-state index contributed by atoms with van der Waals surface area (Å²) in [6, 6.07) is 5.26. The smallest absolute Gasteiger partial charge is 0.409 e. The van der Waals surface area contributed by atoms with Crippen LogP contribution in [0.5, 0.6) is 0 Å². The summed E-state index contributed by atoms with van der Waals surface area (Å²) in [5.41, 5.74) is -2.20. The van der Waals surface area contributed by atoms with Gasteiger partial charge in [-0.1, -0.05) is 33.6 Å². The molecule has 162 valence electrons. The summed E-state index contributed by atoms with van der Waals surface area (Å²) in [5, 5.41) is 2.85. The fourth-order valence-electron chi connectivity index (χ4n) is 2.49. The number of nitrogens with one attached hydrogen (secondary N) is 1. The van der Waals surface area contributed by atoms with Crippen LogP contribution in [0.4, 0.5) is 4.79 Å². The van der Waals surface area contributed by atoms with E-state index in [4.69, 9.17) is 25.8 Å². The quantitative estimate of drug-likeness (QED) is 0.328. The van der Waals surface area contributed by atoms with E-state index in [0.717, 1.165) is 4.47 Å². The second-order valence-corrected chi connectivity index (χ2v) is 8.53. The Labute approximate surface area is 184 Å². The number of benzene rings is 1. The van der Waals surface area contributed by atoms with Crippen molar-refractivity contribution in [1.29, 1.82) is 0 Å². The maximum atomic E-state index is 12.8. The lowest BCUT2D eigenvalue weighted by molar-refractivity contribution is -0.166. The minimum absolute atomic E-state index is 0.0228. The lowest BCUT2D eigenvalue weighted by Gasteiger charge is -2.31. The molecular formula is C20H27BrClNO6. The average Bonchev–Trinajstić information content (AvgIpc) is 2.58.